The number of carbonyl (C=O) groups is 1. The fourth-order valence-electron chi connectivity index (χ4n) is 1.54. The lowest BCUT2D eigenvalue weighted by Crippen LogP contribution is -2.19. The van der Waals surface area contributed by atoms with Crippen molar-refractivity contribution in [2.75, 3.05) is 6.26 Å². The fraction of sp³-hybridized carbons (Fsp3) is 0.462. The van der Waals surface area contributed by atoms with E-state index in [1.807, 2.05) is 6.92 Å². The van der Waals surface area contributed by atoms with Gasteiger partial charge in [-0.2, -0.15) is 0 Å². The van der Waals surface area contributed by atoms with E-state index in [1.54, 1.807) is 11.8 Å². The average Bonchev–Trinajstić information content (AvgIpc) is 2.27. The summed E-state index contributed by atoms with van der Waals surface area (Å²) in [6.45, 7) is 5.44. The van der Waals surface area contributed by atoms with Crippen LogP contribution in [0, 0.1) is 0 Å². The summed E-state index contributed by atoms with van der Waals surface area (Å²) in [4.78, 5) is 12.1. The summed E-state index contributed by atoms with van der Waals surface area (Å²) in [7, 11) is 0. The Balaban J connectivity index is 2.71. The molecule has 0 aliphatic heterocycles. The van der Waals surface area contributed by atoms with E-state index in [2.05, 4.69) is 37.4 Å². The van der Waals surface area contributed by atoms with E-state index in [-0.39, 0.29) is 18.0 Å². The molecule has 0 spiro atoms. The van der Waals surface area contributed by atoms with Gasteiger partial charge in [0.05, 0.1) is 0 Å². The van der Waals surface area contributed by atoms with Crippen LogP contribution in [0.2, 0.25) is 0 Å². The number of rotatable bonds is 4. The van der Waals surface area contributed by atoms with Gasteiger partial charge in [-0.15, -0.1) is 11.8 Å². The molecule has 0 aliphatic carbocycles. The van der Waals surface area contributed by atoms with Crippen LogP contribution in [0.3, 0.4) is 0 Å². The lowest BCUT2D eigenvalue weighted by molar-refractivity contribution is -0.146. The first kappa shape index (κ1) is 13.1. The SMILES string of the molecule is CSc1ccc([C@@H](C)[C@H](C)OC(C)=O)cc1. The first-order valence-electron chi connectivity index (χ1n) is 5.35. The van der Waals surface area contributed by atoms with E-state index in [0.717, 1.165) is 0 Å². The molecule has 2 atom stereocenters. The maximum absolute atomic E-state index is 10.9. The molecule has 16 heavy (non-hydrogen) atoms. The van der Waals surface area contributed by atoms with Crippen LogP contribution in [-0.4, -0.2) is 18.3 Å². The Morgan fingerprint density at radius 2 is 1.81 bits per heavy atom. The molecule has 1 aromatic carbocycles. The molecular formula is C13H18O2S. The lowest BCUT2D eigenvalue weighted by Gasteiger charge is -2.20. The van der Waals surface area contributed by atoms with E-state index in [4.69, 9.17) is 4.74 Å². The molecule has 0 aliphatic rings. The van der Waals surface area contributed by atoms with Crippen molar-refractivity contribution < 1.29 is 9.53 Å². The summed E-state index contributed by atoms with van der Waals surface area (Å²) in [6, 6.07) is 8.38. The Morgan fingerprint density at radius 3 is 2.25 bits per heavy atom. The van der Waals surface area contributed by atoms with Crippen LogP contribution in [0.5, 0.6) is 0 Å². The minimum absolute atomic E-state index is 0.0855. The second kappa shape index (κ2) is 5.94. The van der Waals surface area contributed by atoms with Gasteiger partial charge in [-0.25, -0.2) is 0 Å². The quantitative estimate of drug-likeness (QED) is 0.593. The highest BCUT2D eigenvalue weighted by molar-refractivity contribution is 7.98. The standard InChI is InChI=1S/C13H18O2S/c1-9(10(2)15-11(3)14)12-5-7-13(16-4)8-6-12/h5-10H,1-4H3/t9-,10-/m0/s1. The number of carbonyl (C=O) groups excluding carboxylic acids is 1. The predicted octanol–water partition coefficient (Wildman–Crippen LogP) is 3.46. The Kier molecular flexibility index (Phi) is 4.87. The Morgan fingerprint density at radius 1 is 1.25 bits per heavy atom. The number of hydrogen-bond donors (Lipinski definition) is 0. The highest BCUT2D eigenvalue weighted by Gasteiger charge is 2.16. The van der Waals surface area contributed by atoms with Crippen molar-refractivity contribution >= 4 is 17.7 Å². The molecule has 0 amide bonds. The third kappa shape index (κ3) is 3.56. The molecule has 0 unspecified atom stereocenters. The van der Waals surface area contributed by atoms with Gasteiger partial charge in [-0.05, 0) is 30.9 Å². The first-order valence-corrected chi connectivity index (χ1v) is 6.58. The van der Waals surface area contributed by atoms with Gasteiger partial charge in [-0.1, -0.05) is 19.1 Å². The molecule has 3 heteroatoms. The van der Waals surface area contributed by atoms with Crippen molar-refractivity contribution in [1.29, 1.82) is 0 Å². The van der Waals surface area contributed by atoms with E-state index < -0.39 is 0 Å². The van der Waals surface area contributed by atoms with Crippen molar-refractivity contribution in [1.82, 2.24) is 0 Å². The maximum atomic E-state index is 10.9. The van der Waals surface area contributed by atoms with E-state index in [0.29, 0.717) is 0 Å². The first-order chi connectivity index (χ1) is 7.54. The third-order valence-electron chi connectivity index (χ3n) is 2.70. The molecule has 0 bridgehead atoms. The monoisotopic (exact) mass is 238 g/mol. The van der Waals surface area contributed by atoms with E-state index in [1.165, 1.54) is 17.4 Å². The van der Waals surface area contributed by atoms with Gasteiger partial charge in [0.2, 0.25) is 0 Å². The van der Waals surface area contributed by atoms with Crippen LogP contribution in [0.1, 0.15) is 32.3 Å². The summed E-state index contributed by atoms with van der Waals surface area (Å²) >= 11 is 1.72. The molecular weight excluding hydrogens is 220 g/mol. The van der Waals surface area contributed by atoms with Gasteiger partial charge < -0.3 is 4.74 Å². The Labute approximate surface area is 101 Å². The fourth-order valence-corrected chi connectivity index (χ4v) is 1.95. The van der Waals surface area contributed by atoms with Gasteiger partial charge in [0, 0.05) is 17.7 Å². The predicted molar refractivity (Wildman–Crippen MR) is 67.9 cm³/mol. The molecule has 0 aromatic heterocycles. The normalized spacial score (nSPS) is 14.2. The van der Waals surface area contributed by atoms with Crippen molar-refractivity contribution in [3.63, 3.8) is 0 Å². The zero-order chi connectivity index (χ0) is 12.1. The molecule has 0 saturated carbocycles. The van der Waals surface area contributed by atoms with Crippen molar-refractivity contribution in [2.24, 2.45) is 0 Å². The van der Waals surface area contributed by atoms with Crippen molar-refractivity contribution in [3.8, 4) is 0 Å². The summed E-state index contributed by atoms with van der Waals surface area (Å²) in [6.07, 6.45) is 1.97. The lowest BCUT2D eigenvalue weighted by atomic mass is 9.96. The third-order valence-corrected chi connectivity index (χ3v) is 3.44. The van der Waals surface area contributed by atoms with Crippen LogP contribution in [0.15, 0.2) is 29.2 Å². The van der Waals surface area contributed by atoms with Crippen molar-refractivity contribution in [3.05, 3.63) is 29.8 Å². The Hall–Kier alpha value is -0.960. The average molecular weight is 238 g/mol. The van der Waals surface area contributed by atoms with E-state index >= 15 is 0 Å². The zero-order valence-corrected chi connectivity index (χ0v) is 11.0. The van der Waals surface area contributed by atoms with Gasteiger partial charge in [0.15, 0.2) is 0 Å². The molecule has 0 heterocycles. The topological polar surface area (TPSA) is 26.3 Å². The summed E-state index contributed by atoms with van der Waals surface area (Å²) < 4.78 is 5.18. The van der Waals surface area contributed by atoms with Gasteiger partial charge in [0.25, 0.3) is 0 Å². The molecule has 0 fully saturated rings. The molecule has 2 nitrogen and oxygen atoms in total. The van der Waals surface area contributed by atoms with Gasteiger partial charge in [0.1, 0.15) is 6.10 Å². The number of hydrogen-bond acceptors (Lipinski definition) is 3. The highest BCUT2D eigenvalue weighted by Crippen LogP contribution is 2.24. The highest BCUT2D eigenvalue weighted by atomic mass is 32.2. The van der Waals surface area contributed by atoms with Crippen LogP contribution < -0.4 is 0 Å². The number of ether oxygens (including phenoxy) is 1. The minimum Gasteiger partial charge on any atom is -0.462 e. The number of benzene rings is 1. The van der Waals surface area contributed by atoms with Crippen LogP contribution >= 0.6 is 11.8 Å². The minimum atomic E-state index is -0.222. The van der Waals surface area contributed by atoms with Crippen LogP contribution in [0.25, 0.3) is 0 Å². The Bertz CT molecular complexity index is 345. The van der Waals surface area contributed by atoms with E-state index in [9.17, 15) is 4.79 Å². The number of esters is 1. The molecule has 88 valence electrons. The molecule has 0 saturated heterocycles. The van der Waals surface area contributed by atoms with Crippen LogP contribution in [-0.2, 0) is 9.53 Å². The number of thioether (sulfide) groups is 1. The summed E-state index contributed by atoms with van der Waals surface area (Å²) in [5, 5.41) is 0. The summed E-state index contributed by atoms with van der Waals surface area (Å²) in [5.74, 6) is -0.000102. The van der Waals surface area contributed by atoms with Crippen molar-refractivity contribution in [2.45, 2.75) is 37.7 Å². The van der Waals surface area contributed by atoms with Crippen LogP contribution in [0.4, 0.5) is 0 Å². The molecule has 1 aromatic rings. The van der Waals surface area contributed by atoms with Gasteiger partial charge >= 0.3 is 5.97 Å². The second-order valence-corrected chi connectivity index (χ2v) is 4.76. The van der Waals surface area contributed by atoms with Gasteiger partial charge in [-0.3, -0.25) is 4.79 Å². The summed E-state index contributed by atoms with van der Waals surface area (Å²) in [5.41, 5.74) is 1.20. The molecule has 1 rings (SSSR count). The molecule has 0 N–H and O–H groups in total. The maximum Gasteiger partial charge on any atom is 0.302 e. The smallest absolute Gasteiger partial charge is 0.302 e. The molecule has 0 radical (unpaired) electrons. The zero-order valence-electron chi connectivity index (χ0n) is 10.2. The largest absolute Gasteiger partial charge is 0.462 e. The second-order valence-electron chi connectivity index (χ2n) is 3.88.